The van der Waals surface area contributed by atoms with Gasteiger partial charge in [-0.1, -0.05) is 13.8 Å². The summed E-state index contributed by atoms with van der Waals surface area (Å²) in [5, 5.41) is 3.33. The largest absolute Gasteiger partial charge is 0.317 e. The van der Waals surface area contributed by atoms with Crippen LogP contribution in [0, 0.1) is 5.92 Å². The molecule has 0 aliphatic carbocycles. The summed E-state index contributed by atoms with van der Waals surface area (Å²) >= 11 is 0. The van der Waals surface area contributed by atoms with Crippen LogP contribution in [0.4, 0.5) is 0 Å². The first-order valence-electron chi connectivity index (χ1n) is 6.94. The van der Waals surface area contributed by atoms with Crippen molar-refractivity contribution < 1.29 is 8.42 Å². The lowest BCUT2D eigenvalue weighted by Gasteiger charge is -2.28. The Morgan fingerprint density at radius 2 is 1.72 bits per heavy atom. The molecule has 0 radical (unpaired) electrons. The molecule has 0 spiro atoms. The third-order valence-corrected chi connectivity index (χ3v) is 5.88. The lowest BCUT2D eigenvalue weighted by Crippen LogP contribution is -2.42. The molecule has 0 saturated carbocycles. The number of hydrogen-bond donors (Lipinski definition) is 1. The molecule has 0 bridgehead atoms. The van der Waals surface area contributed by atoms with E-state index in [2.05, 4.69) is 5.32 Å². The Morgan fingerprint density at radius 1 is 1.17 bits per heavy atom. The highest BCUT2D eigenvalue weighted by Gasteiger charge is 2.25. The topological polar surface area (TPSA) is 52.7 Å². The number of nitrogens with one attached hydrogen (secondary N) is 1. The molecule has 108 valence electrons. The monoisotopic (exact) mass is 277 g/mol. The molecule has 6 heteroatoms. The third kappa shape index (κ3) is 4.19. The number of piperidine rings is 1. The van der Waals surface area contributed by atoms with Crippen LogP contribution in [0.5, 0.6) is 0 Å². The van der Waals surface area contributed by atoms with Gasteiger partial charge in [0.1, 0.15) is 0 Å². The van der Waals surface area contributed by atoms with Crippen LogP contribution in [0.25, 0.3) is 0 Å². The van der Waals surface area contributed by atoms with Crippen LogP contribution >= 0.6 is 0 Å². The zero-order valence-electron chi connectivity index (χ0n) is 11.9. The minimum absolute atomic E-state index is 0.538. The number of nitrogens with zero attached hydrogens (tertiary/aromatic N) is 2. The van der Waals surface area contributed by atoms with Crippen molar-refractivity contribution in [2.75, 3.05) is 39.8 Å². The van der Waals surface area contributed by atoms with Crippen molar-refractivity contribution in [2.24, 2.45) is 5.92 Å². The van der Waals surface area contributed by atoms with Crippen molar-refractivity contribution >= 4 is 10.2 Å². The highest BCUT2D eigenvalue weighted by atomic mass is 32.2. The van der Waals surface area contributed by atoms with E-state index in [1.54, 1.807) is 7.05 Å². The molecule has 1 aliphatic rings. The normalized spacial score (nSPS) is 18.7. The van der Waals surface area contributed by atoms with Gasteiger partial charge in [0.25, 0.3) is 10.2 Å². The number of rotatable bonds is 7. The van der Waals surface area contributed by atoms with E-state index in [4.69, 9.17) is 0 Å². The van der Waals surface area contributed by atoms with Gasteiger partial charge in [0.2, 0.25) is 0 Å². The fourth-order valence-electron chi connectivity index (χ4n) is 2.40. The van der Waals surface area contributed by atoms with Gasteiger partial charge in [0.05, 0.1) is 0 Å². The van der Waals surface area contributed by atoms with Gasteiger partial charge in [-0.3, -0.25) is 0 Å². The predicted octanol–water partition coefficient (Wildman–Crippen LogP) is 0.895. The van der Waals surface area contributed by atoms with Crippen LogP contribution in [0.3, 0.4) is 0 Å². The lowest BCUT2D eigenvalue weighted by molar-refractivity contribution is 0.313. The minimum Gasteiger partial charge on any atom is -0.317 e. The summed E-state index contributed by atoms with van der Waals surface area (Å²) in [6.07, 6.45) is 3.30. The number of hydrogen-bond acceptors (Lipinski definition) is 3. The summed E-state index contributed by atoms with van der Waals surface area (Å²) in [6, 6.07) is 0. The van der Waals surface area contributed by atoms with Crippen LogP contribution < -0.4 is 5.32 Å². The standard InChI is InChI=1S/C12H27N3O2S/c1-4-15(5-2)18(16,17)14(3)11-8-12-6-9-13-10-7-12/h12-13H,4-11H2,1-3H3. The zero-order valence-corrected chi connectivity index (χ0v) is 12.7. The summed E-state index contributed by atoms with van der Waals surface area (Å²) in [5.41, 5.74) is 0. The second-order valence-corrected chi connectivity index (χ2v) is 6.93. The highest BCUT2D eigenvalue weighted by Crippen LogP contribution is 2.17. The fourth-order valence-corrected chi connectivity index (χ4v) is 3.78. The maximum atomic E-state index is 12.2. The molecule has 1 N–H and O–H groups in total. The molecule has 0 amide bonds. The van der Waals surface area contributed by atoms with E-state index in [9.17, 15) is 8.42 Å². The molecule has 0 unspecified atom stereocenters. The maximum absolute atomic E-state index is 12.2. The van der Waals surface area contributed by atoms with Gasteiger partial charge < -0.3 is 5.32 Å². The van der Waals surface area contributed by atoms with Gasteiger partial charge in [0, 0.05) is 26.7 Å². The van der Waals surface area contributed by atoms with Crippen LogP contribution in [0.15, 0.2) is 0 Å². The fraction of sp³-hybridized carbons (Fsp3) is 1.00. The average molecular weight is 277 g/mol. The first-order valence-corrected chi connectivity index (χ1v) is 8.34. The third-order valence-electron chi connectivity index (χ3n) is 3.74. The highest BCUT2D eigenvalue weighted by molar-refractivity contribution is 7.86. The Hall–Kier alpha value is -0.170. The van der Waals surface area contributed by atoms with Crippen LogP contribution in [-0.2, 0) is 10.2 Å². The molecular formula is C12H27N3O2S. The van der Waals surface area contributed by atoms with Crippen molar-refractivity contribution in [2.45, 2.75) is 33.1 Å². The smallest absolute Gasteiger partial charge is 0.281 e. The van der Waals surface area contributed by atoms with E-state index in [1.165, 1.54) is 21.5 Å². The Morgan fingerprint density at radius 3 is 2.22 bits per heavy atom. The van der Waals surface area contributed by atoms with Crippen LogP contribution in [0.2, 0.25) is 0 Å². The van der Waals surface area contributed by atoms with Gasteiger partial charge in [-0.05, 0) is 38.3 Å². The molecular weight excluding hydrogens is 250 g/mol. The molecule has 18 heavy (non-hydrogen) atoms. The molecule has 0 aromatic carbocycles. The van der Waals surface area contributed by atoms with E-state index in [0.717, 1.165) is 19.5 Å². The molecule has 1 fully saturated rings. The van der Waals surface area contributed by atoms with E-state index in [1.807, 2.05) is 13.8 Å². The van der Waals surface area contributed by atoms with E-state index in [0.29, 0.717) is 25.6 Å². The Balaban J connectivity index is 2.45. The van der Waals surface area contributed by atoms with E-state index >= 15 is 0 Å². The lowest BCUT2D eigenvalue weighted by atomic mass is 9.95. The maximum Gasteiger partial charge on any atom is 0.281 e. The predicted molar refractivity (Wildman–Crippen MR) is 74.7 cm³/mol. The van der Waals surface area contributed by atoms with Gasteiger partial charge in [0.15, 0.2) is 0 Å². The summed E-state index contributed by atoms with van der Waals surface area (Å²) in [5.74, 6) is 0.667. The first kappa shape index (κ1) is 15.9. The second kappa shape index (κ2) is 7.43. The minimum atomic E-state index is -3.25. The van der Waals surface area contributed by atoms with Crippen molar-refractivity contribution in [3.8, 4) is 0 Å². The SMILES string of the molecule is CCN(CC)S(=O)(=O)N(C)CCC1CCNCC1. The molecule has 0 aromatic heterocycles. The molecule has 1 heterocycles. The molecule has 0 aromatic rings. The van der Waals surface area contributed by atoms with E-state index in [-0.39, 0.29) is 0 Å². The van der Waals surface area contributed by atoms with Crippen molar-refractivity contribution in [3.05, 3.63) is 0 Å². The van der Waals surface area contributed by atoms with Crippen molar-refractivity contribution in [1.29, 1.82) is 0 Å². The van der Waals surface area contributed by atoms with Gasteiger partial charge >= 0.3 is 0 Å². The quantitative estimate of drug-likeness (QED) is 0.752. The second-order valence-electron chi connectivity index (χ2n) is 4.90. The molecule has 1 aliphatic heterocycles. The molecule has 1 saturated heterocycles. The van der Waals surface area contributed by atoms with Crippen molar-refractivity contribution in [3.63, 3.8) is 0 Å². The average Bonchev–Trinajstić information content (AvgIpc) is 2.38. The molecule has 0 atom stereocenters. The zero-order chi connectivity index (χ0) is 13.6. The molecule has 1 rings (SSSR count). The summed E-state index contributed by atoms with van der Waals surface area (Å²) in [7, 11) is -1.56. The van der Waals surface area contributed by atoms with Crippen LogP contribution in [-0.4, -0.2) is 56.8 Å². The first-order chi connectivity index (χ1) is 8.52. The summed E-state index contributed by atoms with van der Waals surface area (Å²) < 4.78 is 27.4. The Labute approximate surface area is 112 Å². The summed E-state index contributed by atoms with van der Waals surface area (Å²) in [6.45, 7) is 7.59. The van der Waals surface area contributed by atoms with Gasteiger partial charge in [-0.25, -0.2) is 0 Å². The van der Waals surface area contributed by atoms with Crippen molar-refractivity contribution in [1.82, 2.24) is 13.9 Å². The summed E-state index contributed by atoms with van der Waals surface area (Å²) in [4.78, 5) is 0. The molecule has 5 nitrogen and oxygen atoms in total. The van der Waals surface area contributed by atoms with E-state index < -0.39 is 10.2 Å². The Kier molecular flexibility index (Phi) is 6.55. The van der Waals surface area contributed by atoms with Gasteiger partial charge in [-0.2, -0.15) is 17.0 Å². The van der Waals surface area contributed by atoms with Gasteiger partial charge in [-0.15, -0.1) is 0 Å². The van der Waals surface area contributed by atoms with Crippen LogP contribution in [0.1, 0.15) is 33.1 Å². The Bertz CT molecular complexity index is 322.